The first-order chi connectivity index (χ1) is 11.4. The highest BCUT2D eigenvalue weighted by Gasteiger charge is 2.42. The number of carbonyl (C=O) groups is 1. The molecule has 0 aliphatic heterocycles. The maximum atomic E-state index is 12.5. The van der Waals surface area contributed by atoms with E-state index in [1.165, 1.54) is 0 Å². The van der Waals surface area contributed by atoms with Crippen LogP contribution in [0.25, 0.3) is 10.8 Å². The molecule has 2 aromatic carbocycles. The summed E-state index contributed by atoms with van der Waals surface area (Å²) in [5.41, 5.74) is 6.33. The molecule has 4 heteroatoms. The Morgan fingerprint density at radius 2 is 1.71 bits per heavy atom. The fourth-order valence-corrected chi connectivity index (χ4v) is 3.29. The van der Waals surface area contributed by atoms with E-state index in [0.29, 0.717) is 0 Å². The molecule has 0 aliphatic carbocycles. The lowest BCUT2D eigenvalue weighted by Gasteiger charge is -2.37. The molecular weight excluding hydrogens is 364 g/mol. The number of nitrogens with zero attached hydrogens (tertiary/aromatic N) is 1. The van der Waals surface area contributed by atoms with Crippen LogP contribution in [-0.2, 0) is 10.2 Å². The number of alkyl halides is 1. The predicted octanol–water partition coefficient (Wildman–Crippen LogP) is 4.18. The highest BCUT2D eigenvalue weighted by molar-refractivity contribution is 9.08. The Labute approximate surface area is 154 Å². The highest BCUT2D eigenvalue weighted by atomic mass is 79.9. The molecule has 24 heavy (non-hydrogen) atoms. The van der Waals surface area contributed by atoms with Crippen molar-refractivity contribution in [3.05, 3.63) is 48.0 Å². The van der Waals surface area contributed by atoms with Crippen molar-refractivity contribution in [3.63, 3.8) is 0 Å². The quantitative estimate of drug-likeness (QED) is 0.749. The second kappa shape index (κ2) is 9.19. The first-order valence-electron chi connectivity index (χ1n) is 8.20. The molecule has 0 spiro atoms. The average Bonchev–Trinajstić information content (AvgIpc) is 2.56. The average molecular weight is 393 g/mol. The number of hydrogen-bond acceptors (Lipinski definition) is 2. The molecule has 0 aromatic heterocycles. The van der Waals surface area contributed by atoms with Crippen LogP contribution in [0.3, 0.4) is 0 Å². The van der Waals surface area contributed by atoms with Crippen LogP contribution in [0.1, 0.15) is 25.8 Å². The molecule has 0 bridgehead atoms. The monoisotopic (exact) mass is 392 g/mol. The van der Waals surface area contributed by atoms with E-state index < -0.39 is 5.41 Å². The second-order valence-corrected chi connectivity index (χ2v) is 6.57. The van der Waals surface area contributed by atoms with Crippen molar-refractivity contribution in [1.82, 2.24) is 4.90 Å². The first kappa shape index (κ1) is 20.7. The number of fused-ring (bicyclic) bond motifs is 1. The van der Waals surface area contributed by atoms with Gasteiger partial charge >= 0.3 is 0 Å². The van der Waals surface area contributed by atoms with Gasteiger partial charge in [0.05, 0.1) is 5.41 Å². The first-order valence-corrected chi connectivity index (χ1v) is 9.79. The minimum Gasteiger partial charge on any atom is -0.369 e. The van der Waals surface area contributed by atoms with Crippen LogP contribution >= 0.6 is 15.9 Å². The smallest absolute Gasteiger partial charge is 0.228 e. The van der Waals surface area contributed by atoms with Crippen molar-refractivity contribution >= 4 is 32.6 Å². The number of halogens is 1. The standard InChI is InChI=1S/C19H26N2O.CH3Br/c1-14(2)19(18(20)22,12-13-21(3)4)17-11-7-9-15-8-5-6-10-16(15)17;1-2/h5-11,14H,12-13H2,1-4H3,(H2,20,22);1H3. The van der Waals surface area contributed by atoms with Crippen LogP contribution in [0.15, 0.2) is 42.5 Å². The Balaban J connectivity index is 0.00000139. The topological polar surface area (TPSA) is 46.3 Å². The van der Waals surface area contributed by atoms with E-state index >= 15 is 0 Å². The molecule has 132 valence electrons. The Bertz CT molecular complexity index is 664. The Hall–Kier alpha value is -1.39. The third-order valence-corrected chi connectivity index (χ3v) is 4.65. The molecule has 0 radical (unpaired) electrons. The van der Waals surface area contributed by atoms with E-state index in [0.717, 1.165) is 29.3 Å². The van der Waals surface area contributed by atoms with Gasteiger partial charge in [-0.05, 0) is 55.1 Å². The van der Waals surface area contributed by atoms with Gasteiger partial charge in [0.15, 0.2) is 0 Å². The second-order valence-electron chi connectivity index (χ2n) is 6.57. The Morgan fingerprint density at radius 3 is 2.25 bits per heavy atom. The number of carbonyl (C=O) groups excluding carboxylic acids is 1. The summed E-state index contributed by atoms with van der Waals surface area (Å²) in [4.78, 5) is 14.6. The molecule has 0 aliphatic rings. The van der Waals surface area contributed by atoms with Crippen LogP contribution in [0.4, 0.5) is 0 Å². The third kappa shape index (κ3) is 4.17. The van der Waals surface area contributed by atoms with E-state index in [2.05, 4.69) is 58.9 Å². The summed E-state index contributed by atoms with van der Waals surface area (Å²) in [5, 5.41) is 2.27. The van der Waals surface area contributed by atoms with Gasteiger partial charge < -0.3 is 10.6 Å². The number of rotatable bonds is 6. The van der Waals surface area contributed by atoms with Crippen molar-refractivity contribution in [3.8, 4) is 0 Å². The number of amides is 1. The molecule has 3 nitrogen and oxygen atoms in total. The third-order valence-electron chi connectivity index (χ3n) is 4.65. The summed E-state index contributed by atoms with van der Waals surface area (Å²) in [6, 6.07) is 14.4. The minimum absolute atomic E-state index is 0.135. The summed E-state index contributed by atoms with van der Waals surface area (Å²) in [7, 11) is 4.05. The van der Waals surface area contributed by atoms with Gasteiger partial charge in [-0.1, -0.05) is 72.2 Å². The minimum atomic E-state index is -0.648. The zero-order chi connectivity index (χ0) is 18.3. The fraction of sp³-hybridized carbons (Fsp3) is 0.450. The molecule has 0 saturated carbocycles. The van der Waals surface area contributed by atoms with Gasteiger partial charge in [-0.25, -0.2) is 0 Å². The summed E-state index contributed by atoms with van der Waals surface area (Å²) in [5.74, 6) is 1.71. The summed E-state index contributed by atoms with van der Waals surface area (Å²) < 4.78 is 0. The normalized spacial score (nSPS) is 13.5. The van der Waals surface area contributed by atoms with Gasteiger partial charge in [-0.3, -0.25) is 4.79 Å². The van der Waals surface area contributed by atoms with Crippen molar-refractivity contribution < 1.29 is 4.79 Å². The number of nitrogens with two attached hydrogens (primary N) is 1. The Morgan fingerprint density at radius 1 is 1.12 bits per heavy atom. The van der Waals surface area contributed by atoms with Crippen molar-refractivity contribution in [2.75, 3.05) is 26.5 Å². The van der Waals surface area contributed by atoms with E-state index in [1.807, 2.05) is 38.1 Å². The van der Waals surface area contributed by atoms with Crippen LogP contribution < -0.4 is 5.73 Å². The lowest BCUT2D eigenvalue weighted by Crippen LogP contribution is -2.47. The SMILES string of the molecule is CBr.CC(C)C(CCN(C)C)(C(N)=O)c1cccc2ccccc12. The summed E-state index contributed by atoms with van der Waals surface area (Å²) >= 11 is 2.94. The van der Waals surface area contributed by atoms with Crippen molar-refractivity contribution in [2.45, 2.75) is 25.7 Å². The number of benzene rings is 2. The molecule has 2 N–H and O–H groups in total. The van der Waals surface area contributed by atoms with E-state index in [4.69, 9.17) is 5.73 Å². The maximum Gasteiger partial charge on any atom is 0.228 e. The molecule has 0 saturated heterocycles. The molecule has 1 unspecified atom stereocenters. The molecule has 2 aromatic rings. The maximum absolute atomic E-state index is 12.5. The molecule has 0 fully saturated rings. The Kier molecular flexibility index (Phi) is 7.91. The zero-order valence-corrected chi connectivity index (χ0v) is 16.9. The molecule has 2 rings (SSSR count). The van der Waals surface area contributed by atoms with Gasteiger partial charge in [0.25, 0.3) is 0 Å². The lowest BCUT2D eigenvalue weighted by molar-refractivity contribution is -0.125. The van der Waals surface area contributed by atoms with Gasteiger partial charge in [0, 0.05) is 0 Å². The fourth-order valence-electron chi connectivity index (χ4n) is 3.29. The van der Waals surface area contributed by atoms with Crippen LogP contribution in [-0.4, -0.2) is 37.3 Å². The number of hydrogen-bond donors (Lipinski definition) is 1. The predicted molar refractivity (Wildman–Crippen MR) is 108 cm³/mol. The van der Waals surface area contributed by atoms with E-state index in [-0.39, 0.29) is 11.8 Å². The van der Waals surface area contributed by atoms with Crippen LogP contribution in [0.5, 0.6) is 0 Å². The largest absolute Gasteiger partial charge is 0.369 e. The van der Waals surface area contributed by atoms with Gasteiger partial charge in [-0.2, -0.15) is 0 Å². The van der Waals surface area contributed by atoms with Crippen LogP contribution in [0.2, 0.25) is 0 Å². The highest BCUT2D eigenvalue weighted by Crippen LogP contribution is 2.39. The molecule has 0 heterocycles. The van der Waals surface area contributed by atoms with Gasteiger partial charge in [-0.15, -0.1) is 0 Å². The van der Waals surface area contributed by atoms with E-state index in [9.17, 15) is 4.79 Å². The van der Waals surface area contributed by atoms with Gasteiger partial charge in [0.1, 0.15) is 0 Å². The number of primary amides is 1. The van der Waals surface area contributed by atoms with Crippen molar-refractivity contribution in [1.29, 1.82) is 0 Å². The summed E-state index contributed by atoms with van der Waals surface area (Å²) in [6.07, 6.45) is 0.723. The lowest BCUT2D eigenvalue weighted by atomic mass is 9.67. The molecule has 1 atom stereocenters. The van der Waals surface area contributed by atoms with Crippen LogP contribution in [0, 0.1) is 5.92 Å². The van der Waals surface area contributed by atoms with Gasteiger partial charge in [0.2, 0.25) is 5.91 Å². The molecular formula is C20H29BrN2O. The zero-order valence-electron chi connectivity index (χ0n) is 15.3. The summed E-state index contributed by atoms with van der Waals surface area (Å²) in [6.45, 7) is 4.99. The molecule has 1 amide bonds. The van der Waals surface area contributed by atoms with E-state index in [1.54, 1.807) is 0 Å². The van der Waals surface area contributed by atoms with Crippen molar-refractivity contribution in [2.24, 2.45) is 11.7 Å².